The van der Waals surface area contributed by atoms with Crippen molar-refractivity contribution in [2.24, 2.45) is 5.73 Å². The third-order valence-corrected chi connectivity index (χ3v) is 3.76. The Morgan fingerprint density at radius 1 is 1.40 bits per heavy atom. The molecule has 1 heterocycles. The van der Waals surface area contributed by atoms with Gasteiger partial charge in [-0.3, -0.25) is 4.68 Å². The fraction of sp³-hybridized carbons (Fsp3) is 0.357. The molecule has 1 unspecified atom stereocenters. The van der Waals surface area contributed by atoms with E-state index in [0.717, 1.165) is 17.8 Å². The lowest BCUT2D eigenvalue weighted by Crippen LogP contribution is -2.19. The van der Waals surface area contributed by atoms with E-state index in [1.807, 2.05) is 23.7 Å². The Bertz CT molecular complexity index is 577. The molecule has 2 N–H and O–H groups in total. The molecule has 1 aromatic heterocycles. The summed E-state index contributed by atoms with van der Waals surface area (Å²) in [7, 11) is 1.61. The van der Waals surface area contributed by atoms with Crippen molar-refractivity contribution < 1.29 is 4.74 Å². The molecular formula is C14H17Cl2N3O. The largest absolute Gasteiger partial charge is 0.493 e. The van der Waals surface area contributed by atoms with E-state index in [2.05, 4.69) is 5.10 Å². The zero-order chi connectivity index (χ0) is 14.7. The number of rotatable bonds is 5. The number of methoxy groups -OCH3 is 1. The average molecular weight is 314 g/mol. The molecule has 0 aliphatic rings. The number of ether oxygens (including phenoxy) is 1. The van der Waals surface area contributed by atoms with E-state index in [9.17, 15) is 0 Å². The van der Waals surface area contributed by atoms with Gasteiger partial charge in [-0.15, -0.1) is 0 Å². The Labute approximate surface area is 128 Å². The third kappa shape index (κ3) is 3.08. The van der Waals surface area contributed by atoms with Gasteiger partial charge in [-0.05, 0) is 31.0 Å². The van der Waals surface area contributed by atoms with Crippen LogP contribution in [-0.2, 0) is 13.0 Å². The van der Waals surface area contributed by atoms with Crippen LogP contribution in [0.4, 0.5) is 0 Å². The number of nitrogens with two attached hydrogens (primary N) is 1. The molecular weight excluding hydrogens is 297 g/mol. The highest BCUT2D eigenvalue weighted by Gasteiger charge is 2.19. The molecule has 6 heteroatoms. The van der Waals surface area contributed by atoms with Crippen molar-refractivity contribution in [1.82, 2.24) is 9.78 Å². The first-order valence-electron chi connectivity index (χ1n) is 6.36. The zero-order valence-corrected chi connectivity index (χ0v) is 12.9. The summed E-state index contributed by atoms with van der Waals surface area (Å²) in [6.45, 7) is 2.75. The zero-order valence-electron chi connectivity index (χ0n) is 11.4. The molecule has 0 saturated carbocycles. The molecule has 4 nitrogen and oxygen atoms in total. The molecule has 108 valence electrons. The van der Waals surface area contributed by atoms with E-state index in [4.69, 9.17) is 33.7 Å². The highest BCUT2D eigenvalue weighted by Crippen LogP contribution is 2.29. The lowest BCUT2D eigenvalue weighted by Gasteiger charge is -2.16. The second-order valence-corrected chi connectivity index (χ2v) is 5.30. The number of hydrogen-bond donors (Lipinski definition) is 1. The van der Waals surface area contributed by atoms with Crippen molar-refractivity contribution in [2.75, 3.05) is 7.11 Å². The summed E-state index contributed by atoms with van der Waals surface area (Å²) in [6.07, 6.45) is 2.28. The number of nitrogens with zero attached hydrogens (tertiary/aromatic N) is 2. The van der Waals surface area contributed by atoms with Crippen LogP contribution in [0.5, 0.6) is 5.75 Å². The van der Waals surface area contributed by atoms with E-state index in [-0.39, 0.29) is 6.04 Å². The SMILES string of the molecule is CCn1ncc(OC)c1C(N)Cc1ccc(Cl)cc1Cl. The Balaban J connectivity index is 2.27. The van der Waals surface area contributed by atoms with Crippen LogP contribution in [0.25, 0.3) is 0 Å². The monoisotopic (exact) mass is 313 g/mol. The highest BCUT2D eigenvalue weighted by atomic mass is 35.5. The maximum atomic E-state index is 6.30. The molecule has 1 aromatic carbocycles. The minimum atomic E-state index is -0.244. The lowest BCUT2D eigenvalue weighted by atomic mass is 10.0. The van der Waals surface area contributed by atoms with E-state index < -0.39 is 0 Å². The molecule has 0 aliphatic carbocycles. The Kier molecular flexibility index (Phi) is 4.91. The smallest absolute Gasteiger partial charge is 0.161 e. The number of aryl methyl sites for hydroxylation is 1. The summed E-state index contributed by atoms with van der Waals surface area (Å²) < 4.78 is 7.16. The lowest BCUT2D eigenvalue weighted by molar-refractivity contribution is 0.401. The minimum absolute atomic E-state index is 0.244. The molecule has 0 fully saturated rings. The van der Waals surface area contributed by atoms with Crippen molar-refractivity contribution >= 4 is 23.2 Å². The van der Waals surface area contributed by atoms with Crippen LogP contribution in [0, 0.1) is 0 Å². The number of aromatic nitrogens is 2. The second-order valence-electron chi connectivity index (χ2n) is 4.46. The van der Waals surface area contributed by atoms with Gasteiger partial charge in [0.05, 0.1) is 25.0 Å². The normalized spacial score (nSPS) is 12.4. The van der Waals surface area contributed by atoms with Gasteiger partial charge in [-0.25, -0.2) is 0 Å². The number of halogens is 2. The van der Waals surface area contributed by atoms with Gasteiger partial charge < -0.3 is 10.5 Å². The fourth-order valence-corrected chi connectivity index (χ4v) is 2.67. The first-order chi connectivity index (χ1) is 9.56. The van der Waals surface area contributed by atoms with Gasteiger partial charge >= 0.3 is 0 Å². The summed E-state index contributed by atoms with van der Waals surface area (Å²) in [6, 6.07) is 5.18. The van der Waals surface area contributed by atoms with Crippen molar-refractivity contribution in [3.05, 3.63) is 45.7 Å². The summed E-state index contributed by atoms with van der Waals surface area (Å²) in [4.78, 5) is 0. The van der Waals surface area contributed by atoms with Crippen LogP contribution in [0.15, 0.2) is 24.4 Å². The standard InChI is InChI=1S/C14H17Cl2N3O/c1-3-19-14(13(20-2)8-18-19)12(17)6-9-4-5-10(15)7-11(9)16/h4-5,7-8,12H,3,6,17H2,1-2H3. The summed E-state index contributed by atoms with van der Waals surface area (Å²) in [5.41, 5.74) is 8.13. The molecule has 0 amide bonds. The summed E-state index contributed by atoms with van der Waals surface area (Å²) >= 11 is 12.1. The van der Waals surface area contributed by atoms with Gasteiger partial charge in [0, 0.05) is 16.6 Å². The quantitative estimate of drug-likeness (QED) is 0.919. The first-order valence-corrected chi connectivity index (χ1v) is 7.11. The van der Waals surface area contributed by atoms with Crippen LogP contribution in [0.2, 0.25) is 10.0 Å². The maximum absolute atomic E-state index is 6.30. The topological polar surface area (TPSA) is 53.1 Å². The Hall–Kier alpha value is -1.23. The van der Waals surface area contributed by atoms with E-state index in [1.54, 1.807) is 19.4 Å². The molecule has 0 spiro atoms. The first kappa shape index (κ1) is 15.2. The molecule has 0 saturated heterocycles. The molecule has 2 aromatic rings. The molecule has 0 bridgehead atoms. The molecule has 0 radical (unpaired) electrons. The van der Waals surface area contributed by atoms with Gasteiger partial charge in [0.15, 0.2) is 5.75 Å². The van der Waals surface area contributed by atoms with Crippen molar-refractivity contribution in [2.45, 2.75) is 25.9 Å². The maximum Gasteiger partial charge on any atom is 0.161 e. The average Bonchev–Trinajstić information content (AvgIpc) is 2.84. The molecule has 2 rings (SSSR count). The van der Waals surface area contributed by atoms with Crippen LogP contribution < -0.4 is 10.5 Å². The highest BCUT2D eigenvalue weighted by molar-refractivity contribution is 6.35. The van der Waals surface area contributed by atoms with Crippen LogP contribution >= 0.6 is 23.2 Å². The molecule has 20 heavy (non-hydrogen) atoms. The fourth-order valence-electron chi connectivity index (χ4n) is 2.18. The van der Waals surface area contributed by atoms with E-state index in [1.165, 1.54) is 0 Å². The predicted molar refractivity (Wildman–Crippen MR) is 81.5 cm³/mol. The van der Waals surface area contributed by atoms with Crippen molar-refractivity contribution in [3.63, 3.8) is 0 Å². The van der Waals surface area contributed by atoms with Crippen LogP contribution in [-0.4, -0.2) is 16.9 Å². The minimum Gasteiger partial charge on any atom is -0.493 e. The van der Waals surface area contributed by atoms with Gasteiger partial charge in [0.1, 0.15) is 0 Å². The van der Waals surface area contributed by atoms with Crippen molar-refractivity contribution in [1.29, 1.82) is 0 Å². The van der Waals surface area contributed by atoms with E-state index in [0.29, 0.717) is 22.2 Å². The number of benzene rings is 1. The van der Waals surface area contributed by atoms with Gasteiger partial charge in [0.25, 0.3) is 0 Å². The third-order valence-electron chi connectivity index (χ3n) is 3.17. The summed E-state index contributed by atoms with van der Waals surface area (Å²) in [5.74, 6) is 0.699. The summed E-state index contributed by atoms with van der Waals surface area (Å²) in [5, 5.41) is 5.50. The van der Waals surface area contributed by atoms with Crippen LogP contribution in [0.3, 0.4) is 0 Å². The Morgan fingerprint density at radius 3 is 2.75 bits per heavy atom. The predicted octanol–water partition coefficient (Wildman–Crippen LogP) is 3.46. The molecule has 1 atom stereocenters. The van der Waals surface area contributed by atoms with Gasteiger partial charge in [-0.1, -0.05) is 29.3 Å². The van der Waals surface area contributed by atoms with E-state index >= 15 is 0 Å². The Morgan fingerprint density at radius 2 is 2.15 bits per heavy atom. The second kappa shape index (κ2) is 6.48. The van der Waals surface area contributed by atoms with Gasteiger partial charge in [-0.2, -0.15) is 5.10 Å². The van der Waals surface area contributed by atoms with Gasteiger partial charge in [0.2, 0.25) is 0 Å². The van der Waals surface area contributed by atoms with Crippen molar-refractivity contribution in [3.8, 4) is 5.75 Å². The van der Waals surface area contributed by atoms with Crippen LogP contribution in [0.1, 0.15) is 24.2 Å². The number of hydrogen-bond acceptors (Lipinski definition) is 3. The molecule has 0 aliphatic heterocycles.